The lowest BCUT2D eigenvalue weighted by atomic mass is 9.96. The molecule has 0 bridgehead atoms. The number of aliphatic hydroxyl groups is 1. The van der Waals surface area contributed by atoms with Crippen LogP contribution in [0, 0.1) is 5.92 Å². The van der Waals surface area contributed by atoms with E-state index in [1.54, 1.807) is 0 Å². The maximum atomic E-state index is 11.9. The summed E-state index contributed by atoms with van der Waals surface area (Å²) in [6.45, 7) is 3.79. The minimum absolute atomic E-state index is 0.254. The van der Waals surface area contributed by atoms with Gasteiger partial charge >= 0.3 is 0 Å². The molecule has 2 unspecified atom stereocenters. The Morgan fingerprint density at radius 2 is 2.36 bits per heavy atom. The summed E-state index contributed by atoms with van der Waals surface area (Å²) in [5, 5.41) is 9.41. The Hall–Kier alpha value is -0.150. The second-order valence-electron chi connectivity index (χ2n) is 3.32. The van der Waals surface area contributed by atoms with Crippen molar-refractivity contribution < 1.29 is 9.50 Å². The van der Waals surface area contributed by atoms with Gasteiger partial charge in [-0.15, -0.1) is 0 Å². The first-order valence-electron chi connectivity index (χ1n) is 4.20. The molecule has 0 radical (unpaired) electrons. The highest BCUT2D eigenvalue weighted by molar-refractivity contribution is 4.76. The third kappa shape index (κ3) is 2.42. The molecule has 1 N–H and O–H groups in total. The Bertz CT molecular complexity index is 121. The zero-order valence-corrected chi connectivity index (χ0v) is 6.96. The van der Waals surface area contributed by atoms with Crippen molar-refractivity contribution in [2.75, 3.05) is 26.3 Å². The molecule has 1 aliphatic rings. The molecule has 1 aliphatic heterocycles. The minimum atomic E-state index is -0.304. The molecule has 2 nitrogen and oxygen atoms in total. The summed E-state index contributed by atoms with van der Waals surface area (Å²) >= 11 is 0. The van der Waals surface area contributed by atoms with Crippen LogP contribution in [0.2, 0.25) is 0 Å². The molecule has 2 atom stereocenters. The van der Waals surface area contributed by atoms with E-state index >= 15 is 0 Å². The van der Waals surface area contributed by atoms with Crippen molar-refractivity contribution in [2.24, 2.45) is 5.92 Å². The van der Waals surface area contributed by atoms with Gasteiger partial charge < -0.3 is 5.11 Å². The number of nitrogens with zero attached hydrogens (tertiary/aromatic N) is 1. The SMILES string of the molecule is CC1CCN(CCF)CC1O. The molecule has 0 aliphatic carbocycles. The van der Waals surface area contributed by atoms with Gasteiger partial charge in [0.1, 0.15) is 6.67 Å². The van der Waals surface area contributed by atoms with Crippen molar-refractivity contribution in [3.63, 3.8) is 0 Å². The van der Waals surface area contributed by atoms with Gasteiger partial charge in [0.15, 0.2) is 0 Å². The van der Waals surface area contributed by atoms with Crippen molar-refractivity contribution in [2.45, 2.75) is 19.4 Å². The van der Waals surface area contributed by atoms with Gasteiger partial charge in [-0.1, -0.05) is 6.92 Å². The van der Waals surface area contributed by atoms with Gasteiger partial charge in [0, 0.05) is 13.1 Å². The van der Waals surface area contributed by atoms with Gasteiger partial charge in [-0.25, -0.2) is 4.39 Å². The molecule has 0 saturated carbocycles. The first-order valence-corrected chi connectivity index (χ1v) is 4.20. The molecule has 0 aromatic carbocycles. The summed E-state index contributed by atoms with van der Waals surface area (Å²) in [5.41, 5.74) is 0. The Balaban J connectivity index is 2.28. The predicted octanol–water partition coefficient (Wildman–Crippen LogP) is 0.659. The van der Waals surface area contributed by atoms with Crippen molar-refractivity contribution in [3.05, 3.63) is 0 Å². The zero-order chi connectivity index (χ0) is 8.27. The highest BCUT2D eigenvalue weighted by Crippen LogP contribution is 2.16. The molecule has 0 amide bonds. The average Bonchev–Trinajstić information content (AvgIpc) is 1.98. The fourth-order valence-corrected chi connectivity index (χ4v) is 1.44. The first kappa shape index (κ1) is 8.94. The van der Waals surface area contributed by atoms with E-state index in [0.717, 1.165) is 13.0 Å². The van der Waals surface area contributed by atoms with Crippen molar-refractivity contribution in [1.82, 2.24) is 4.90 Å². The maximum Gasteiger partial charge on any atom is 0.102 e. The third-order valence-corrected chi connectivity index (χ3v) is 2.40. The van der Waals surface area contributed by atoms with Gasteiger partial charge in [0.2, 0.25) is 0 Å². The fraction of sp³-hybridized carbons (Fsp3) is 1.00. The molecular formula is C8H16FNO. The molecule has 0 aromatic heterocycles. The molecule has 0 spiro atoms. The number of halogens is 1. The topological polar surface area (TPSA) is 23.5 Å². The van der Waals surface area contributed by atoms with E-state index in [1.165, 1.54) is 0 Å². The molecule has 66 valence electrons. The maximum absolute atomic E-state index is 11.9. The molecule has 0 aromatic rings. The summed E-state index contributed by atoms with van der Waals surface area (Å²) in [6, 6.07) is 0. The second kappa shape index (κ2) is 4.02. The number of aliphatic hydroxyl groups excluding tert-OH is 1. The largest absolute Gasteiger partial charge is 0.392 e. The van der Waals surface area contributed by atoms with E-state index in [1.807, 2.05) is 11.8 Å². The van der Waals surface area contributed by atoms with Gasteiger partial charge in [-0.2, -0.15) is 0 Å². The van der Waals surface area contributed by atoms with E-state index in [9.17, 15) is 9.50 Å². The fourth-order valence-electron chi connectivity index (χ4n) is 1.44. The highest BCUT2D eigenvalue weighted by Gasteiger charge is 2.23. The quantitative estimate of drug-likeness (QED) is 0.643. The van der Waals surface area contributed by atoms with Crippen molar-refractivity contribution in [3.8, 4) is 0 Å². The number of piperidine rings is 1. The molecule has 1 heterocycles. The standard InChI is InChI=1S/C8H16FNO/c1-7-2-4-10(5-3-9)6-8(7)11/h7-8,11H,2-6H2,1H3. The Morgan fingerprint density at radius 1 is 1.64 bits per heavy atom. The van der Waals surface area contributed by atoms with Gasteiger partial charge in [-0.3, -0.25) is 4.90 Å². The molecule has 3 heteroatoms. The number of likely N-dealkylation sites (tertiary alicyclic amines) is 1. The van der Waals surface area contributed by atoms with Crippen LogP contribution in [-0.2, 0) is 0 Å². The van der Waals surface area contributed by atoms with Crippen LogP contribution in [0.4, 0.5) is 4.39 Å². The van der Waals surface area contributed by atoms with Crippen molar-refractivity contribution in [1.29, 1.82) is 0 Å². The van der Waals surface area contributed by atoms with Crippen LogP contribution in [0.3, 0.4) is 0 Å². The first-order chi connectivity index (χ1) is 5.24. The minimum Gasteiger partial charge on any atom is -0.392 e. The predicted molar refractivity (Wildman–Crippen MR) is 42.2 cm³/mol. The van der Waals surface area contributed by atoms with Gasteiger partial charge in [0.25, 0.3) is 0 Å². The van der Waals surface area contributed by atoms with E-state index in [2.05, 4.69) is 0 Å². The lowest BCUT2D eigenvalue weighted by molar-refractivity contribution is 0.0272. The van der Waals surface area contributed by atoms with Crippen molar-refractivity contribution >= 4 is 0 Å². The molecular weight excluding hydrogens is 145 g/mol. The summed E-state index contributed by atoms with van der Waals surface area (Å²) in [5.74, 6) is 0.380. The Morgan fingerprint density at radius 3 is 2.91 bits per heavy atom. The van der Waals surface area contributed by atoms with E-state index in [0.29, 0.717) is 19.0 Å². The Labute approximate surface area is 67.0 Å². The smallest absolute Gasteiger partial charge is 0.102 e. The van der Waals surface area contributed by atoms with Crippen LogP contribution < -0.4 is 0 Å². The highest BCUT2D eigenvalue weighted by atomic mass is 19.1. The summed E-state index contributed by atoms with van der Waals surface area (Å²) in [4.78, 5) is 1.98. The Kier molecular flexibility index (Phi) is 3.27. The monoisotopic (exact) mass is 161 g/mol. The van der Waals surface area contributed by atoms with Gasteiger partial charge in [-0.05, 0) is 18.9 Å². The normalized spacial score (nSPS) is 34.1. The van der Waals surface area contributed by atoms with Crippen LogP contribution >= 0.6 is 0 Å². The van der Waals surface area contributed by atoms with Crippen LogP contribution in [0.15, 0.2) is 0 Å². The van der Waals surface area contributed by atoms with Crippen LogP contribution in [0.25, 0.3) is 0 Å². The molecule has 11 heavy (non-hydrogen) atoms. The van der Waals surface area contributed by atoms with Crippen LogP contribution in [-0.4, -0.2) is 42.4 Å². The summed E-state index contributed by atoms with van der Waals surface area (Å²) < 4.78 is 11.9. The van der Waals surface area contributed by atoms with Crippen LogP contribution in [0.5, 0.6) is 0 Å². The summed E-state index contributed by atoms with van der Waals surface area (Å²) in [6.07, 6.45) is 0.733. The lowest BCUT2D eigenvalue weighted by Gasteiger charge is -2.33. The number of β-amino-alcohol motifs (C(OH)–C–C–N with tert-alkyl or cyclic N) is 1. The summed E-state index contributed by atoms with van der Waals surface area (Å²) in [7, 11) is 0. The molecule has 1 rings (SSSR count). The average molecular weight is 161 g/mol. The zero-order valence-electron chi connectivity index (χ0n) is 6.96. The molecule has 1 saturated heterocycles. The lowest BCUT2D eigenvalue weighted by Crippen LogP contribution is -2.43. The number of hydrogen-bond donors (Lipinski definition) is 1. The van der Waals surface area contributed by atoms with Gasteiger partial charge in [0.05, 0.1) is 6.10 Å². The number of alkyl halides is 1. The second-order valence-corrected chi connectivity index (χ2v) is 3.32. The molecule has 1 fully saturated rings. The third-order valence-electron chi connectivity index (χ3n) is 2.40. The number of hydrogen-bond acceptors (Lipinski definition) is 2. The van der Waals surface area contributed by atoms with E-state index in [4.69, 9.17) is 0 Å². The van der Waals surface area contributed by atoms with E-state index in [-0.39, 0.29) is 12.8 Å². The number of rotatable bonds is 2. The van der Waals surface area contributed by atoms with E-state index < -0.39 is 0 Å². The van der Waals surface area contributed by atoms with Crippen LogP contribution in [0.1, 0.15) is 13.3 Å².